The zero-order chi connectivity index (χ0) is 14.7. The lowest BCUT2D eigenvalue weighted by Gasteiger charge is -2.26. The van der Waals surface area contributed by atoms with Crippen LogP contribution in [0.3, 0.4) is 0 Å². The Morgan fingerprint density at radius 1 is 1.19 bits per heavy atom. The van der Waals surface area contributed by atoms with Crippen LogP contribution in [0.4, 0.5) is 0 Å². The third kappa shape index (κ3) is 2.68. The van der Waals surface area contributed by atoms with E-state index in [4.69, 9.17) is 9.47 Å². The van der Waals surface area contributed by atoms with Gasteiger partial charge in [0.2, 0.25) is 0 Å². The van der Waals surface area contributed by atoms with Crippen LogP contribution in [0.2, 0.25) is 0 Å². The predicted octanol–water partition coefficient (Wildman–Crippen LogP) is 3.96. The van der Waals surface area contributed by atoms with Gasteiger partial charge < -0.3 is 9.47 Å². The van der Waals surface area contributed by atoms with Crippen LogP contribution < -0.4 is 9.47 Å². The summed E-state index contributed by atoms with van der Waals surface area (Å²) in [6, 6.07) is 15.0. The molecule has 2 aromatic rings. The van der Waals surface area contributed by atoms with Gasteiger partial charge in [0.25, 0.3) is 0 Å². The molecule has 0 aliphatic carbocycles. The minimum atomic E-state index is -0.312. The van der Waals surface area contributed by atoms with Gasteiger partial charge in [0.15, 0.2) is 5.78 Å². The fourth-order valence-corrected chi connectivity index (χ4v) is 2.47. The monoisotopic (exact) mass is 280 g/mol. The maximum absolute atomic E-state index is 12.3. The lowest BCUT2D eigenvalue weighted by atomic mass is 9.96. The number of carbonyl (C=O) groups excluding carboxylic acids is 1. The molecule has 3 nitrogen and oxygen atoms in total. The summed E-state index contributed by atoms with van der Waals surface area (Å²) in [6.45, 7) is 4.07. The molecule has 1 aliphatic heterocycles. The molecule has 3 heteroatoms. The van der Waals surface area contributed by atoms with Gasteiger partial charge in [-0.15, -0.1) is 0 Å². The third-order valence-electron chi connectivity index (χ3n) is 3.45. The molecule has 0 saturated heterocycles. The van der Waals surface area contributed by atoms with Crippen molar-refractivity contribution in [1.29, 1.82) is 0 Å². The summed E-state index contributed by atoms with van der Waals surface area (Å²) in [5.41, 5.74) is 1.54. The van der Waals surface area contributed by atoms with Gasteiger partial charge in [0.1, 0.15) is 24.2 Å². The van der Waals surface area contributed by atoms with E-state index in [0.717, 1.165) is 11.3 Å². The van der Waals surface area contributed by atoms with Gasteiger partial charge in [0, 0.05) is 5.56 Å². The molecule has 0 N–H and O–H groups in total. The Bertz CT molecular complexity index is 676. The number of hydrogen-bond acceptors (Lipinski definition) is 3. The Hall–Kier alpha value is -2.55. The zero-order valence-electron chi connectivity index (χ0n) is 11.6. The first kappa shape index (κ1) is 13.4. The second kappa shape index (κ2) is 5.83. The summed E-state index contributed by atoms with van der Waals surface area (Å²) in [5.74, 6) is 1.47. The standard InChI is InChI=1S/C18H16O3/c1-2-11-20-16-9-5-4-8-14(16)18-12-15(19)13-7-3-6-10-17(13)21-18/h2-10,18H,1,11-12H2. The van der Waals surface area contributed by atoms with Gasteiger partial charge >= 0.3 is 0 Å². The van der Waals surface area contributed by atoms with Gasteiger partial charge in [-0.25, -0.2) is 0 Å². The summed E-state index contributed by atoms with van der Waals surface area (Å²) in [4.78, 5) is 12.3. The van der Waals surface area contributed by atoms with Gasteiger partial charge in [-0.2, -0.15) is 0 Å². The quantitative estimate of drug-likeness (QED) is 0.795. The number of benzene rings is 2. The second-order valence-corrected chi connectivity index (χ2v) is 4.87. The van der Waals surface area contributed by atoms with E-state index in [2.05, 4.69) is 6.58 Å². The lowest BCUT2D eigenvalue weighted by Crippen LogP contribution is -2.20. The number of Topliss-reactive ketones (excluding diaryl/α,β-unsaturated/α-hetero) is 1. The number of rotatable bonds is 4. The Balaban J connectivity index is 1.92. The Morgan fingerprint density at radius 2 is 1.95 bits per heavy atom. The maximum Gasteiger partial charge on any atom is 0.170 e. The van der Waals surface area contributed by atoms with Crippen molar-refractivity contribution in [1.82, 2.24) is 0 Å². The molecule has 1 aliphatic rings. The van der Waals surface area contributed by atoms with E-state index in [-0.39, 0.29) is 11.9 Å². The van der Waals surface area contributed by atoms with Crippen molar-refractivity contribution in [3.8, 4) is 11.5 Å². The maximum atomic E-state index is 12.3. The van der Waals surface area contributed by atoms with Crippen molar-refractivity contribution >= 4 is 5.78 Å². The molecule has 0 fully saturated rings. The summed E-state index contributed by atoms with van der Waals surface area (Å²) in [5, 5.41) is 0. The van der Waals surface area contributed by atoms with Crippen LogP contribution in [-0.4, -0.2) is 12.4 Å². The van der Waals surface area contributed by atoms with Crippen molar-refractivity contribution < 1.29 is 14.3 Å². The molecule has 0 amide bonds. The summed E-state index contributed by atoms with van der Waals surface area (Å²) in [7, 11) is 0. The zero-order valence-corrected chi connectivity index (χ0v) is 11.6. The molecule has 3 rings (SSSR count). The van der Waals surface area contributed by atoms with E-state index in [1.165, 1.54) is 0 Å². The van der Waals surface area contributed by atoms with Crippen molar-refractivity contribution in [2.24, 2.45) is 0 Å². The number of ether oxygens (including phenoxy) is 2. The topological polar surface area (TPSA) is 35.5 Å². The first-order chi connectivity index (χ1) is 10.3. The molecule has 106 valence electrons. The summed E-state index contributed by atoms with van der Waals surface area (Å²) >= 11 is 0. The number of fused-ring (bicyclic) bond motifs is 1. The molecule has 0 aromatic heterocycles. The lowest BCUT2D eigenvalue weighted by molar-refractivity contribution is 0.0846. The fourth-order valence-electron chi connectivity index (χ4n) is 2.47. The molecule has 1 unspecified atom stereocenters. The first-order valence-electron chi connectivity index (χ1n) is 6.91. The Labute approximate surface area is 123 Å². The van der Waals surface area contributed by atoms with E-state index in [9.17, 15) is 4.79 Å². The molecule has 21 heavy (non-hydrogen) atoms. The average Bonchev–Trinajstić information content (AvgIpc) is 2.53. The first-order valence-corrected chi connectivity index (χ1v) is 6.91. The molecule has 0 spiro atoms. The van der Waals surface area contributed by atoms with E-state index in [1.807, 2.05) is 42.5 Å². The van der Waals surface area contributed by atoms with Crippen molar-refractivity contribution in [2.75, 3.05) is 6.61 Å². The van der Waals surface area contributed by atoms with Crippen molar-refractivity contribution in [3.05, 3.63) is 72.3 Å². The fraction of sp³-hybridized carbons (Fsp3) is 0.167. The molecular weight excluding hydrogens is 264 g/mol. The minimum absolute atomic E-state index is 0.0976. The smallest absolute Gasteiger partial charge is 0.170 e. The molecule has 2 aromatic carbocycles. The minimum Gasteiger partial charge on any atom is -0.489 e. The van der Waals surface area contributed by atoms with E-state index in [0.29, 0.717) is 24.3 Å². The van der Waals surface area contributed by atoms with E-state index < -0.39 is 0 Å². The van der Waals surface area contributed by atoms with Gasteiger partial charge in [0.05, 0.1) is 12.0 Å². The normalized spacial score (nSPS) is 16.8. The second-order valence-electron chi connectivity index (χ2n) is 4.87. The highest BCUT2D eigenvalue weighted by atomic mass is 16.5. The highest BCUT2D eigenvalue weighted by Gasteiger charge is 2.29. The Morgan fingerprint density at radius 3 is 2.81 bits per heavy atom. The van der Waals surface area contributed by atoms with Crippen LogP contribution in [0, 0.1) is 0 Å². The van der Waals surface area contributed by atoms with Crippen LogP contribution in [0.25, 0.3) is 0 Å². The van der Waals surface area contributed by atoms with Gasteiger partial charge in [-0.1, -0.05) is 43.0 Å². The number of hydrogen-bond donors (Lipinski definition) is 0. The average molecular weight is 280 g/mol. The molecular formula is C18H16O3. The van der Waals surface area contributed by atoms with Crippen LogP contribution in [0.5, 0.6) is 11.5 Å². The van der Waals surface area contributed by atoms with Crippen molar-refractivity contribution in [2.45, 2.75) is 12.5 Å². The highest BCUT2D eigenvalue weighted by Crippen LogP contribution is 2.37. The van der Waals surface area contributed by atoms with E-state index in [1.54, 1.807) is 12.1 Å². The summed E-state index contributed by atoms with van der Waals surface area (Å²) < 4.78 is 11.6. The largest absolute Gasteiger partial charge is 0.489 e. The summed E-state index contributed by atoms with van der Waals surface area (Å²) in [6.07, 6.45) is 1.71. The predicted molar refractivity (Wildman–Crippen MR) is 80.9 cm³/mol. The van der Waals surface area contributed by atoms with Crippen LogP contribution >= 0.6 is 0 Å². The number of ketones is 1. The van der Waals surface area contributed by atoms with Gasteiger partial charge in [-0.05, 0) is 18.2 Å². The van der Waals surface area contributed by atoms with Crippen LogP contribution in [0.1, 0.15) is 28.4 Å². The SMILES string of the molecule is C=CCOc1ccccc1C1CC(=O)c2ccccc2O1. The van der Waals surface area contributed by atoms with Crippen LogP contribution in [-0.2, 0) is 0 Å². The number of para-hydroxylation sites is 2. The Kier molecular flexibility index (Phi) is 3.73. The van der Waals surface area contributed by atoms with Gasteiger partial charge in [-0.3, -0.25) is 4.79 Å². The number of carbonyl (C=O) groups is 1. The highest BCUT2D eigenvalue weighted by molar-refractivity contribution is 6.00. The molecule has 1 atom stereocenters. The molecule has 0 radical (unpaired) electrons. The molecule has 1 heterocycles. The third-order valence-corrected chi connectivity index (χ3v) is 3.45. The van der Waals surface area contributed by atoms with Crippen molar-refractivity contribution in [3.63, 3.8) is 0 Å². The van der Waals surface area contributed by atoms with Crippen LogP contribution in [0.15, 0.2) is 61.2 Å². The molecule has 0 bridgehead atoms. The van der Waals surface area contributed by atoms with E-state index >= 15 is 0 Å². The molecule has 0 saturated carbocycles.